The number of amides is 1. The Balaban J connectivity index is 3.44. The van der Waals surface area contributed by atoms with Crippen molar-refractivity contribution in [3.05, 3.63) is 0 Å². The van der Waals surface area contributed by atoms with E-state index >= 15 is 0 Å². The third-order valence-corrected chi connectivity index (χ3v) is 13.7. The number of ether oxygens (including phenoxy) is 1. The van der Waals surface area contributed by atoms with Gasteiger partial charge in [0.2, 0.25) is 5.91 Å². The quantitative estimate of drug-likeness (QED) is 0.0418. The molecule has 2 atom stereocenters. The fraction of sp³-hybridized carbons (Fsp3) is 0.965. The van der Waals surface area contributed by atoms with Crippen molar-refractivity contribution in [1.29, 1.82) is 0 Å². The molecule has 3 N–H and O–H groups in total. The molecule has 0 aliphatic carbocycles. The van der Waals surface area contributed by atoms with E-state index < -0.39 is 12.1 Å². The van der Waals surface area contributed by atoms with Crippen molar-refractivity contribution in [1.82, 2.24) is 5.32 Å². The van der Waals surface area contributed by atoms with Crippen LogP contribution >= 0.6 is 0 Å². The van der Waals surface area contributed by atoms with Crippen LogP contribution in [0.4, 0.5) is 0 Å². The summed E-state index contributed by atoms with van der Waals surface area (Å²) in [5.41, 5.74) is 0. The molecule has 0 heterocycles. The molecule has 0 bridgehead atoms. The van der Waals surface area contributed by atoms with E-state index in [1.165, 1.54) is 238 Å². The van der Waals surface area contributed by atoms with Crippen molar-refractivity contribution in [2.75, 3.05) is 13.2 Å². The Morgan fingerprint density at radius 1 is 0.381 bits per heavy atom. The topological polar surface area (TPSA) is 95.9 Å². The van der Waals surface area contributed by atoms with Gasteiger partial charge in [-0.25, -0.2) is 0 Å². The minimum atomic E-state index is -0.675. The smallest absolute Gasteiger partial charge is 0.305 e. The van der Waals surface area contributed by atoms with Crippen LogP contribution in [-0.4, -0.2) is 47.4 Å². The van der Waals surface area contributed by atoms with Crippen LogP contribution in [0.3, 0.4) is 0 Å². The highest BCUT2D eigenvalue weighted by Gasteiger charge is 2.20. The van der Waals surface area contributed by atoms with Crippen LogP contribution in [-0.2, 0) is 14.3 Å². The Morgan fingerprint density at radius 2 is 0.651 bits per heavy atom. The zero-order valence-electron chi connectivity index (χ0n) is 42.8. The van der Waals surface area contributed by atoms with Crippen molar-refractivity contribution in [3.8, 4) is 0 Å². The second-order valence-electron chi connectivity index (χ2n) is 20.0. The number of unbranched alkanes of at least 4 members (excludes halogenated alkanes) is 43. The van der Waals surface area contributed by atoms with E-state index in [4.69, 9.17) is 4.74 Å². The summed E-state index contributed by atoms with van der Waals surface area (Å²) in [6.07, 6.45) is 60.8. The molecular weight excluding hydrogens is 779 g/mol. The van der Waals surface area contributed by atoms with Gasteiger partial charge in [-0.2, -0.15) is 0 Å². The van der Waals surface area contributed by atoms with Gasteiger partial charge in [-0.3, -0.25) is 9.59 Å². The lowest BCUT2D eigenvalue weighted by Crippen LogP contribution is -2.45. The number of aliphatic hydroxyl groups is 2. The Bertz CT molecular complexity index is 898. The fourth-order valence-corrected chi connectivity index (χ4v) is 9.23. The summed E-state index contributed by atoms with van der Waals surface area (Å²) < 4.78 is 5.47. The molecule has 0 spiro atoms. The van der Waals surface area contributed by atoms with Gasteiger partial charge in [0, 0.05) is 12.8 Å². The Labute approximate surface area is 394 Å². The molecule has 0 aliphatic rings. The minimum Gasteiger partial charge on any atom is -0.466 e. The van der Waals surface area contributed by atoms with E-state index in [1.54, 1.807) is 0 Å². The first-order chi connectivity index (χ1) is 31.0. The zero-order valence-corrected chi connectivity index (χ0v) is 42.8. The van der Waals surface area contributed by atoms with Crippen molar-refractivity contribution < 1.29 is 24.5 Å². The summed E-state index contributed by atoms with van der Waals surface area (Å²) in [4.78, 5) is 24.6. The van der Waals surface area contributed by atoms with Crippen LogP contribution < -0.4 is 5.32 Å². The van der Waals surface area contributed by atoms with Gasteiger partial charge < -0.3 is 20.3 Å². The second-order valence-corrected chi connectivity index (χ2v) is 20.0. The molecule has 6 heteroatoms. The standard InChI is InChI=1S/C57H113NO5/c1-3-5-7-9-11-13-15-17-19-21-22-23-24-26-29-33-37-41-45-49-55(60)54(53-59)58-56(61)50-46-42-38-34-30-28-32-36-40-44-48-52-63-57(62)51-47-43-39-35-31-27-25-20-18-16-14-12-10-8-6-4-2/h54-55,59-60H,3-53H2,1-2H3,(H,58,61). The third-order valence-electron chi connectivity index (χ3n) is 13.7. The molecule has 0 fully saturated rings. The summed E-state index contributed by atoms with van der Waals surface area (Å²) >= 11 is 0. The number of rotatable bonds is 54. The van der Waals surface area contributed by atoms with Gasteiger partial charge in [0.1, 0.15) is 0 Å². The molecule has 1 amide bonds. The number of hydrogen-bond acceptors (Lipinski definition) is 5. The van der Waals surface area contributed by atoms with Gasteiger partial charge in [-0.05, 0) is 25.7 Å². The maximum Gasteiger partial charge on any atom is 0.305 e. The van der Waals surface area contributed by atoms with Gasteiger partial charge in [0.05, 0.1) is 25.4 Å². The van der Waals surface area contributed by atoms with Gasteiger partial charge in [-0.15, -0.1) is 0 Å². The average molecular weight is 893 g/mol. The molecule has 2 unspecified atom stereocenters. The van der Waals surface area contributed by atoms with Crippen LogP contribution in [0.2, 0.25) is 0 Å². The molecule has 6 nitrogen and oxygen atoms in total. The molecule has 0 saturated carbocycles. The summed E-state index contributed by atoms with van der Waals surface area (Å²) in [6.45, 7) is 4.94. The highest BCUT2D eigenvalue weighted by Crippen LogP contribution is 2.18. The number of nitrogens with one attached hydrogen (secondary N) is 1. The average Bonchev–Trinajstić information content (AvgIpc) is 3.28. The number of hydrogen-bond donors (Lipinski definition) is 3. The summed E-state index contributed by atoms with van der Waals surface area (Å²) in [6, 6.07) is -0.554. The SMILES string of the molecule is CCCCCCCCCCCCCCCCCCCCCC(O)C(CO)NC(=O)CCCCCCCCCCCCCOC(=O)CCCCCCCCCCCCCCCCCC. The maximum absolute atomic E-state index is 12.5. The molecule has 0 aromatic carbocycles. The predicted octanol–water partition coefficient (Wildman–Crippen LogP) is 17.5. The number of carbonyl (C=O) groups excluding carboxylic acids is 2. The van der Waals surface area contributed by atoms with E-state index in [2.05, 4.69) is 19.2 Å². The first-order valence-electron chi connectivity index (χ1n) is 28.8. The van der Waals surface area contributed by atoms with E-state index in [0.29, 0.717) is 25.9 Å². The van der Waals surface area contributed by atoms with Gasteiger partial charge >= 0.3 is 5.97 Å². The fourth-order valence-electron chi connectivity index (χ4n) is 9.23. The highest BCUT2D eigenvalue weighted by atomic mass is 16.5. The van der Waals surface area contributed by atoms with E-state index in [1.807, 2.05) is 0 Å². The third kappa shape index (κ3) is 50.1. The molecule has 376 valence electrons. The van der Waals surface area contributed by atoms with E-state index in [-0.39, 0.29) is 18.5 Å². The molecule has 0 saturated heterocycles. The van der Waals surface area contributed by atoms with Crippen LogP contribution in [0.1, 0.15) is 328 Å². The lowest BCUT2D eigenvalue weighted by atomic mass is 10.0. The lowest BCUT2D eigenvalue weighted by Gasteiger charge is -2.22. The molecule has 0 aromatic heterocycles. The summed E-state index contributed by atoms with van der Waals surface area (Å²) in [5.74, 6) is -0.0584. The molecule has 0 rings (SSSR count). The Hall–Kier alpha value is -1.14. The van der Waals surface area contributed by atoms with Crippen molar-refractivity contribution in [3.63, 3.8) is 0 Å². The number of carbonyl (C=O) groups is 2. The maximum atomic E-state index is 12.5. The number of esters is 1. The molecule has 0 aromatic rings. The molecule has 0 radical (unpaired) electrons. The van der Waals surface area contributed by atoms with E-state index in [9.17, 15) is 19.8 Å². The van der Waals surface area contributed by atoms with Crippen LogP contribution in [0.25, 0.3) is 0 Å². The van der Waals surface area contributed by atoms with Crippen molar-refractivity contribution >= 4 is 11.9 Å². The second kappa shape index (κ2) is 53.5. The lowest BCUT2D eigenvalue weighted by molar-refractivity contribution is -0.143. The highest BCUT2D eigenvalue weighted by molar-refractivity contribution is 5.76. The van der Waals surface area contributed by atoms with Gasteiger partial charge in [-0.1, -0.05) is 290 Å². The largest absolute Gasteiger partial charge is 0.466 e. The van der Waals surface area contributed by atoms with Crippen LogP contribution in [0.5, 0.6) is 0 Å². The normalized spacial score (nSPS) is 12.5. The van der Waals surface area contributed by atoms with E-state index in [0.717, 1.165) is 57.8 Å². The van der Waals surface area contributed by atoms with Crippen molar-refractivity contribution in [2.24, 2.45) is 0 Å². The van der Waals surface area contributed by atoms with Gasteiger partial charge in [0.25, 0.3) is 0 Å². The Morgan fingerprint density at radius 3 is 0.968 bits per heavy atom. The van der Waals surface area contributed by atoms with Gasteiger partial charge in [0.15, 0.2) is 0 Å². The first kappa shape index (κ1) is 61.9. The van der Waals surface area contributed by atoms with Crippen LogP contribution in [0.15, 0.2) is 0 Å². The molecular formula is C57H113NO5. The summed E-state index contributed by atoms with van der Waals surface area (Å²) in [5, 5.41) is 23.3. The van der Waals surface area contributed by atoms with Crippen LogP contribution in [0, 0.1) is 0 Å². The predicted molar refractivity (Wildman–Crippen MR) is 274 cm³/mol. The molecule has 63 heavy (non-hydrogen) atoms. The number of aliphatic hydroxyl groups excluding tert-OH is 2. The zero-order chi connectivity index (χ0) is 45.8. The first-order valence-corrected chi connectivity index (χ1v) is 28.8. The van der Waals surface area contributed by atoms with Crippen molar-refractivity contribution in [2.45, 2.75) is 341 Å². The minimum absolute atomic E-state index is 0.00884. The Kier molecular flexibility index (Phi) is 52.5. The summed E-state index contributed by atoms with van der Waals surface area (Å²) in [7, 11) is 0. The molecule has 0 aliphatic heterocycles. The monoisotopic (exact) mass is 892 g/mol.